The third kappa shape index (κ3) is 4.53. The van der Waals surface area contributed by atoms with Gasteiger partial charge < -0.3 is 10.1 Å². The lowest BCUT2D eigenvalue weighted by molar-refractivity contribution is 0.397. The normalized spacial score (nSPS) is 12.1. The summed E-state index contributed by atoms with van der Waals surface area (Å²) in [5, 5.41) is 3.41. The van der Waals surface area contributed by atoms with Crippen LogP contribution < -0.4 is 10.1 Å². The standard InChI is InChI=1S/C17H21FN2O/c1-3-19-15(11-14-6-4-5-7-16(14)18)10-13-8-9-17(21-2)20-12-13/h4-9,12,15,19H,3,10-11H2,1-2H3. The predicted molar refractivity (Wildman–Crippen MR) is 82.1 cm³/mol. The molecule has 0 radical (unpaired) electrons. The maximum absolute atomic E-state index is 13.8. The van der Waals surface area contributed by atoms with Crippen LogP contribution >= 0.6 is 0 Å². The molecule has 0 saturated heterocycles. The highest BCUT2D eigenvalue weighted by molar-refractivity contribution is 5.21. The highest BCUT2D eigenvalue weighted by atomic mass is 19.1. The van der Waals surface area contributed by atoms with E-state index in [1.807, 2.05) is 30.5 Å². The van der Waals surface area contributed by atoms with E-state index in [9.17, 15) is 4.39 Å². The van der Waals surface area contributed by atoms with Gasteiger partial charge in [-0.3, -0.25) is 0 Å². The van der Waals surface area contributed by atoms with E-state index in [0.29, 0.717) is 12.3 Å². The zero-order chi connectivity index (χ0) is 15.1. The smallest absolute Gasteiger partial charge is 0.212 e. The second-order valence-corrected chi connectivity index (χ2v) is 4.96. The lowest BCUT2D eigenvalue weighted by atomic mass is 9.99. The number of likely N-dealkylation sites (N-methyl/N-ethyl adjacent to an activating group) is 1. The molecule has 0 aliphatic carbocycles. The highest BCUT2D eigenvalue weighted by Gasteiger charge is 2.12. The largest absolute Gasteiger partial charge is 0.481 e. The van der Waals surface area contributed by atoms with E-state index >= 15 is 0 Å². The maximum atomic E-state index is 13.8. The third-order valence-electron chi connectivity index (χ3n) is 3.41. The molecule has 112 valence electrons. The van der Waals surface area contributed by atoms with Crippen LogP contribution in [0.3, 0.4) is 0 Å². The molecule has 0 aliphatic rings. The molecule has 2 rings (SSSR count). The van der Waals surface area contributed by atoms with Crippen LogP contribution in [0.25, 0.3) is 0 Å². The second-order valence-electron chi connectivity index (χ2n) is 4.96. The summed E-state index contributed by atoms with van der Waals surface area (Å²) in [6, 6.07) is 11.0. The summed E-state index contributed by atoms with van der Waals surface area (Å²) >= 11 is 0. The highest BCUT2D eigenvalue weighted by Crippen LogP contribution is 2.13. The van der Waals surface area contributed by atoms with Gasteiger partial charge in [-0.05, 0) is 36.6 Å². The fraction of sp³-hybridized carbons (Fsp3) is 0.353. The second kappa shape index (κ2) is 7.74. The molecule has 0 spiro atoms. The fourth-order valence-electron chi connectivity index (χ4n) is 2.37. The molecule has 0 bridgehead atoms. The number of pyridine rings is 1. The number of hydrogen-bond acceptors (Lipinski definition) is 3. The molecule has 1 unspecified atom stereocenters. The number of nitrogens with zero attached hydrogens (tertiary/aromatic N) is 1. The van der Waals surface area contributed by atoms with Crippen LogP contribution in [0, 0.1) is 5.82 Å². The minimum Gasteiger partial charge on any atom is -0.481 e. The van der Waals surface area contributed by atoms with Crippen molar-refractivity contribution in [2.75, 3.05) is 13.7 Å². The van der Waals surface area contributed by atoms with Crippen molar-refractivity contribution in [3.63, 3.8) is 0 Å². The van der Waals surface area contributed by atoms with Crippen molar-refractivity contribution in [1.82, 2.24) is 10.3 Å². The molecule has 1 atom stereocenters. The van der Waals surface area contributed by atoms with Crippen molar-refractivity contribution >= 4 is 0 Å². The summed E-state index contributed by atoms with van der Waals surface area (Å²) < 4.78 is 18.8. The molecule has 0 amide bonds. The van der Waals surface area contributed by atoms with Crippen LogP contribution in [0.2, 0.25) is 0 Å². The summed E-state index contributed by atoms with van der Waals surface area (Å²) in [6.07, 6.45) is 3.27. The van der Waals surface area contributed by atoms with E-state index in [1.54, 1.807) is 13.2 Å². The molecular weight excluding hydrogens is 267 g/mol. The number of aromatic nitrogens is 1. The van der Waals surface area contributed by atoms with Crippen molar-refractivity contribution in [3.05, 3.63) is 59.5 Å². The van der Waals surface area contributed by atoms with Gasteiger partial charge in [0.1, 0.15) is 5.82 Å². The van der Waals surface area contributed by atoms with Gasteiger partial charge in [0.05, 0.1) is 7.11 Å². The third-order valence-corrected chi connectivity index (χ3v) is 3.41. The van der Waals surface area contributed by atoms with Gasteiger partial charge in [-0.25, -0.2) is 9.37 Å². The van der Waals surface area contributed by atoms with E-state index in [1.165, 1.54) is 6.07 Å². The maximum Gasteiger partial charge on any atom is 0.212 e. The fourth-order valence-corrected chi connectivity index (χ4v) is 2.37. The summed E-state index contributed by atoms with van der Waals surface area (Å²) in [5.74, 6) is 0.459. The van der Waals surface area contributed by atoms with Crippen LogP contribution in [0.15, 0.2) is 42.6 Å². The molecule has 1 aromatic carbocycles. The number of rotatable bonds is 7. The number of hydrogen-bond donors (Lipinski definition) is 1. The number of ether oxygens (including phenoxy) is 1. The molecule has 4 heteroatoms. The zero-order valence-corrected chi connectivity index (χ0v) is 12.5. The average molecular weight is 288 g/mol. The van der Waals surface area contributed by atoms with Crippen LogP contribution in [0.1, 0.15) is 18.1 Å². The Kier molecular flexibility index (Phi) is 5.69. The van der Waals surface area contributed by atoms with Crippen LogP contribution in [-0.2, 0) is 12.8 Å². The van der Waals surface area contributed by atoms with E-state index in [-0.39, 0.29) is 11.9 Å². The topological polar surface area (TPSA) is 34.1 Å². The van der Waals surface area contributed by atoms with Crippen molar-refractivity contribution < 1.29 is 9.13 Å². The number of halogens is 1. The first-order valence-electron chi connectivity index (χ1n) is 7.18. The Morgan fingerprint density at radius 3 is 2.62 bits per heavy atom. The van der Waals surface area contributed by atoms with Gasteiger partial charge in [0, 0.05) is 18.3 Å². The molecule has 3 nitrogen and oxygen atoms in total. The van der Waals surface area contributed by atoms with Crippen molar-refractivity contribution in [2.45, 2.75) is 25.8 Å². The van der Waals surface area contributed by atoms with Gasteiger partial charge in [0.2, 0.25) is 5.88 Å². The lowest BCUT2D eigenvalue weighted by Gasteiger charge is -2.18. The number of nitrogens with one attached hydrogen (secondary N) is 1. The van der Waals surface area contributed by atoms with Gasteiger partial charge in [-0.15, -0.1) is 0 Å². The zero-order valence-electron chi connectivity index (χ0n) is 12.5. The minimum absolute atomic E-state index is 0.145. The molecule has 0 fully saturated rings. The Hall–Kier alpha value is -1.94. The average Bonchev–Trinajstić information content (AvgIpc) is 2.50. The van der Waals surface area contributed by atoms with Crippen molar-refractivity contribution in [1.29, 1.82) is 0 Å². The first-order chi connectivity index (χ1) is 10.2. The molecule has 0 aliphatic heterocycles. The molecule has 1 heterocycles. The van der Waals surface area contributed by atoms with Crippen molar-refractivity contribution in [2.24, 2.45) is 0 Å². The van der Waals surface area contributed by atoms with Crippen LogP contribution in [0.5, 0.6) is 5.88 Å². The summed E-state index contributed by atoms with van der Waals surface area (Å²) in [7, 11) is 1.60. The van der Waals surface area contributed by atoms with E-state index in [0.717, 1.165) is 24.1 Å². The van der Waals surface area contributed by atoms with Gasteiger partial charge in [0.25, 0.3) is 0 Å². The Morgan fingerprint density at radius 1 is 1.19 bits per heavy atom. The monoisotopic (exact) mass is 288 g/mol. The molecular formula is C17H21FN2O. The molecule has 0 saturated carbocycles. The quantitative estimate of drug-likeness (QED) is 0.850. The molecule has 21 heavy (non-hydrogen) atoms. The van der Waals surface area contributed by atoms with Crippen LogP contribution in [0.4, 0.5) is 4.39 Å². The Bertz CT molecular complexity index is 557. The summed E-state index contributed by atoms with van der Waals surface area (Å²) in [5.41, 5.74) is 1.85. The van der Waals surface area contributed by atoms with Crippen LogP contribution in [-0.4, -0.2) is 24.7 Å². The minimum atomic E-state index is -0.145. The summed E-state index contributed by atoms with van der Waals surface area (Å²) in [4.78, 5) is 4.21. The molecule has 1 N–H and O–H groups in total. The first kappa shape index (κ1) is 15.4. The van der Waals surface area contributed by atoms with Gasteiger partial charge in [-0.2, -0.15) is 0 Å². The summed E-state index contributed by atoms with van der Waals surface area (Å²) in [6.45, 7) is 2.91. The first-order valence-corrected chi connectivity index (χ1v) is 7.18. The molecule has 1 aromatic heterocycles. The number of benzene rings is 1. The lowest BCUT2D eigenvalue weighted by Crippen LogP contribution is -2.33. The predicted octanol–water partition coefficient (Wildman–Crippen LogP) is 2.99. The Balaban J connectivity index is 2.06. The number of methoxy groups -OCH3 is 1. The van der Waals surface area contributed by atoms with Crippen molar-refractivity contribution in [3.8, 4) is 5.88 Å². The SMILES string of the molecule is CCNC(Cc1ccc(OC)nc1)Cc1ccccc1F. The molecule has 2 aromatic rings. The van der Waals surface area contributed by atoms with E-state index in [2.05, 4.69) is 17.2 Å². The van der Waals surface area contributed by atoms with Gasteiger partial charge >= 0.3 is 0 Å². The Morgan fingerprint density at radius 2 is 2.00 bits per heavy atom. The Labute approximate surface area is 125 Å². The van der Waals surface area contributed by atoms with E-state index in [4.69, 9.17) is 4.74 Å². The van der Waals surface area contributed by atoms with Gasteiger partial charge in [-0.1, -0.05) is 31.2 Å². The van der Waals surface area contributed by atoms with Gasteiger partial charge in [0.15, 0.2) is 0 Å². The van der Waals surface area contributed by atoms with E-state index < -0.39 is 0 Å².